The first-order valence-electron chi connectivity index (χ1n) is 15.9. The fourth-order valence-electron chi connectivity index (χ4n) is 5.00. The van der Waals surface area contributed by atoms with Gasteiger partial charge in [0, 0.05) is 38.0 Å². The number of nitrogens with one attached hydrogen (secondary N) is 3. The Kier molecular flexibility index (Phi) is 13.1. The largest absolute Gasteiger partial charge is 0.477 e. The van der Waals surface area contributed by atoms with Crippen molar-refractivity contribution < 1.29 is 37.7 Å². The number of alkyl halides is 3. The number of carbonyl (C=O) groups is 3. The van der Waals surface area contributed by atoms with Crippen LogP contribution in [0, 0.1) is 0 Å². The molecule has 14 nitrogen and oxygen atoms in total. The van der Waals surface area contributed by atoms with Gasteiger partial charge in [-0.2, -0.15) is 18.3 Å². The third-order valence-electron chi connectivity index (χ3n) is 7.59. The van der Waals surface area contributed by atoms with Gasteiger partial charge in [-0.15, -0.1) is 0 Å². The van der Waals surface area contributed by atoms with Crippen LogP contribution in [-0.2, 0) is 18.0 Å². The average Bonchev–Trinajstić information content (AvgIpc) is 3.71. The molecule has 0 radical (unpaired) electrons. The van der Waals surface area contributed by atoms with E-state index in [9.17, 15) is 27.6 Å². The molecule has 0 spiro atoms. The lowest BCUT2D eigenvalue weighted by Crippen LogP contribution is -2.74. The van der Waals surface area contributed by atoms with Gasteiger partial charge in [0.1, 0.15) is 0 Å². The van der Waals surface area contributed by atoms with Crippen LogP contribution >= 0.6 is 11.6 Å². The first-order chi connectivity index (χ1) is 24.7. The number of nitrogens with two attached hydrogens (primary N) is 2. The van der Waals surface area contributed by atoms with Crippen LogP contribution in [-0.4, -0.2) is 72.6 Å². The minimum Gasteiger partial charge on any atom is -0.477 e. The second kappa shape index (κ2) is 17.4. The highest BCUT2D eigenvalue weighted by Gasteiger charge is 2.39. The van der Waals surface area contributed by atoms with Crippen molar-refractivity contribution in [2.75, 3.05) is 30.7 Å². The monoisotopic (exact) mass is 741 g/mol. The molecule has 0 atom stereocenters. The van der Waals surface area contributed by atoms with Crippen molar-refractivity contribution >= 4 is 46.5 Å². The number of carboxylic acids is 1. The number of hydrogen-bond acceptors (Lipinski definition) is 8. The minimum absolute atomic E-state index is 0.0278. The maximum absolute atomic E-state index is 14.0. The Labute approximate surface area is 301 Å². The molecular weight excluding hydrogens is 705 g/mol. The molecule has 0 bridgehead atoms. The summed E-state index contributed by atoms with van der Waals surface area (Å²) in [6.45, 7) is 4.34. The van der Waals surface area contributed by atoms with E-state index in [0.29, 0.717) is 44.5 Å². The number of aliphatic carboxylic acids is 1. The summed E-state index contributed by atoms with van der Waals surface area (Å²) >= 11 is 6.38. The highest BCUT2D eigenvalue weighted by atomic mass is 35.5. The van der Waals surface area contributed by atoms with Gasteiger partial charge in [-0.25, -0.2) is 24.4 Å². The number of carboxylic acid groups (broad SMARTS) is 1. The van der Waals surface area contributed by atoms with Crippen LogP contribution < -0.4 is 27.1 Å². The second-order valence-electron chi connectivity index (χ2n) is 11.4. The highest BCUT2D eigenvalue weighted by molar-refractivity contribution is 6.34. The number of nitrogens with zero attached hydrogens (tertiary/aromatic N) is 5. The topological polar surface area (TPSA) is 210 Å². The van der Waals surface area contributed by atoms with Crippen molar-refractivity contribution in [3.63, 3.8) is 0 Å². The van der Waals surface area contributed by atoms with Crippen molar-refractivity contribution in [2.24, 2.45) is 12.8 Å². The summed E-state index contributed by atoms with van der Waals surface area (Å²) in [5.41, 5.74) is 11.9. The zero-order valence-electron chi connectivity index (χ0n) is 28.0. The van der Waals surface area contributed by atoms with Crippen LogP contribution in [0.3, 0.4) is 0 Å². The van der Waals surface area contributed by atoms with Crippen LogP contribution in [0.5, 0.6) is 0 Å². The van der Waals surface area contributed by atoms with Gasteiger partial charge >= 0.3 is 12.1 Å². The minimum atomic E-state index is -4.83. The molecule has 52 heavy (non-hydrogen) atoms. The van der Waals surface area contributed by atoms with Gasteiger partial charge in [0.15, 0.2) is 23.0 Å². The summed E-state index contributed by atoms with van der Waals surface area (Å²) in [6.07, 6.45) is 4.58. The zero-order chi connectivity index (χ0) is 38.0. The maximum Gasteiger partial charge on any atom is 0.435 e. The number of rotatable bonds is 16. The molecule has 0 aliphatic heterocycles. The summed E-state index contributed by atoms with van der Waals surface area (Å²) in [6, 6.07) is 7.14. The standard InChI is InChI=1S/C34H36ClF3N10O4/c1-3-20(14-22(7-4-12-39)42-18-29(49)50)6-5-13-41-32(51)24-10-9-23(15-26(24)35)45-33(52)31-44-17-27(47(31)2)25-19-48(46-30(25)34(36,37)38)28-11-8-21(40)16-43-28/h3,8-11,14-17,19H,1,4-7,12-13,18,39-40H2,2H3,(H,41,51)(H,45,52)(H,49,50)/p+1/b20-14+,42-22?. The van der Waals surface area contributed by atoms with Crippen molar-refractivity contribution in [3.05, 3.63) is 95.3 Å². The molecule has 274 valence electrons. The van der Waals surface area contributed by atoms with E-state index in [4.69, 9.17) is 28.2 Å². The lowest BCUT2D eigenvalue weighted by Gasteiger charge is -2.11. The number of benzene rings is 1. The summed E-state index contributed by atoms with van der Waals surface area (Å²) in [4.78, 5) is 47.9. The molecule has 0 fully saturated rings. The number of anilines is 2. The van der Waals surface area contributed by atoms with Crippen molar-refractivity contribution in [1.29, 1.82) is 0 Å². The van der Waals surface area contributed by atoms with E-state index in [1.807, 2.05) is 6.08 Å². The SMILES string of the molecule is C=C/C(=C\C(CCCN)=[NH+]CC(=O)O)CCCNC(=O)c1ccc(NC(=O)c2ncc(-c3cn(-c4ccc(N)cn4)nc3C(F)(F)F)n2C)cc1Cl. The third-order valence-corrected chi connectivity index (χ3v) is 7.91. The van der Waals surface area contributed by atoms with Crippen LogP contribution in [0.15, 0.2) is 73.2 Å². The molecule has 2 amide bonds. The van der Waals surface area contributed by atoms with Crippen LogP contribution in [0.1, 0.15) is 52.4 Å². The molecule has 4 aromatic rings. The van der Waals surface area contributed by atoms with Crippen molar-refractivity contribution in [1.82, 2.24) is 29.6 Å². The summed E-state index contributed by atoms with van der Waals surface area (Å²) in [5.74, 6) is -2.28. The van der Waals surface area contributed by atoms with Crippen LogP contribution in [0.25, 0.3) is 17.1 Å². The number of amides is 2. The number of hydrogen-bond donors (Lipinski definition) is 6. The fraction of sp³-hybridized carbons (Fsp3) is 0.265. The van der Waals surface area contributed by atoms with Crippen molar-refractivity contribution in [3.8, 4) is 17.1 Å². The summed E-state index contributed by atoms with van der Waals surface area (Å²) in [5, 5.41) is 18.1. The number of nitrogen functional groups attached to an aromatic ring is 1. The molecule has 4 rings (SSSR count). The lowest BCUT2D eigenvalue weighted by atomic mass is 10.1. The Morgan fingerprint density at radius 2 is 1.87 bits per heavy atom. The fourth-order valence-corrected chi connectivity index (χ4v) is 5.26. The molecule has 1 aromatic carbocycles. The number of carbonyl (C=O) groups excluding carboxylic acids is 2. The number of pyridine rings is 1. The molecule has 0 aliphatic carbocycles. The second-order valence-corrected chi connectivity index (χ2v) is 11.8. The first-order valence-corrected chi connectivity index (χ1v) is 16.2. The lowest BCUT2D eigenvalue weighted by molar-refractivity contribution is -0.447. The van der Waals surface area contributed by atoms with E-state index in [1.165, 1.54) is 48.1 Å². The Balaban J connectivity index is 1.40. The van der Waals surface area contributed by atoms with Gasteiger partial charge < -0.3 is 31.8 Å². The van der Waals surface area contributed by atoms with E-state index in [-0.39, 0.29) is 45.7 Å². The average molecular weight is 742 g/mol. The predicted molar refractivity (Wildman–Crippen MR) is 189 cm³/mol. The number of aromatic nitrogens is 5. The van der Waals surface area contributed by atoms with Gasteiger partial charge in [0.2, 0.25) is 6.54 Å². The molecule has 3 heterocycles. The predicted octanol–water partition coefficient (Wildman–Crippen LogP) is 3.14. The quantitative estimate of drug-likeness (QED) is 0.0565. The molecule has 3 aromatic heterocycles. The first kappa shape index (κ1) is 39.0. The molecule has 0 saturated carbocycles. The molecule has 0 saturated heterocycles. The molecule has 0 unspecified atom stereocenters. The van der Waals surface area contributed by atoms with E-state index >= 15 is 0 Å². The Morgan fingerprint density at radius 3 is 2.50 bits per heavy atom. The maximum atomic E-state index is 14.0. The number of allylic oxidation sites excluding steroid dienone is 3. The molecular formula is C34H37ClF3N10O4+. The van der Waals surface area contributed by atoms with Crippen LogP contribution in [0.4, 0.5) is 24.5 Å². The van der Waals surface area contributed by atoms with Gasteiger partial charge in [0.25, 0.3) is 11.8 Å². The Morgan fingerprint density at radius 1 is 1.10 bits per heavy atom. The zero-order valence-corrected chi connectivity index (χ0v) is 28.8. The third kappa shape index (κ3) is 10.1. The van der Waals surface area contributed by atoms with E-state index in [0.717, 1.165) is 28.4 Å². The van der Waals surface area contributed by atoms with Crippen LogP contribution in [0.2, 0.25) is 5.02 Å². The highest BCUT2D eigenvalue weighted by Crippen LogP contribution is 2.37. The number of imidazole rings is 1. The number of halogens is 4. The van der Waals surface area contributed by atoms with Gasteiger partial charge in [0.05, 0.1) is 39.9 Å². The summed E-state index contributed by atoms with van der Waals surface area (Å²) in [7, 11) is 1.39. The Hall–Kier alpha value is -5.81. The molecule has 0 aliphatic rings. The molecule has 8 N–H and O–H groups in total. The molecule has 18 heteroatoms. The van der Waals surface area contributed by atoms with Crippen molar-refractivity contribution in [2.45, 2.75) is 31.9 Å². The van der Waals surface area contributed by atoms with Gasteiger partial charge in [-0.3, -0.25) is 9.59 Å². The smallest absolute Gasteiger partial charge is 0.435 e. The summed E-state index contributed by atoms with van der Waals surface area (Å²) < 4.78 is 44.2. The van der Waals surface area contributed by atoms with E-state index in [2.05, 4.69) is 37.3 Å². The Bertz CT molecular complexity index is 2000. The van der Waals surface area contributed by atoms with E-state index in [1.54, 1.807) is 6.08 Å². The van der Waals surface area contributed by atoms with Gasteiger partial charge in [-0.1, -0.05) is 24.3 Å². The van der Waals surface area contributed by atoms with Gasteiger partial charge in [-0.05, 0) is 61.7 Å². The van der Waals surface area contributed by atoms with E-state index < -0.39 is 29.7 Å². The normalized spacial score (nSPS) is 12.1.